The van der Waals surface area contributed by atoms with Crippen LogP contribution in [0, 0.1) is 0 Å². The highest BCUT2D eigenvalue weighted by Gasteiger charge is 2.36. The number of hydrogen-bond donors (Lipinski definition) is 1. The van der Waals surface area contributed by atoms with Crippen molar-refractivity contribution in [1.82, 2.24) is 9.21 Å². The molecule has 0 saturated carbocycles. The largest absolute Gasteiger partial charge is 0.395 e. The second-order valence-electron chi connectivity index (χ2n) is 5.08. The highest BCUT2D eigenvalue weighted by atomic mass is 32.2. The van der Waals surface area contributed by atoms with Crippen molar-refractivity contribution in [1.29, 1.82) is 0 Å². The van der Waals surface area contributed by atoms with Crippen LogP contribution in [-0.4, -0.2) is 66.8 Å². The normalized spacial score (nSPS) is 29.9. The fourth-order valence-corrected chi connectivity index (χ4v) is 4.12. The molecule has 0 bridgehead atoms. The molecule has 6 heteroatoms. The topological polar surface area (TPSA) is 60.9 Å². The van der Waals surface area contributed by atoms with Gasteiger partial charge in [-0.3, -0.25) is 4.90 Å². The van der Waals surface area contributed by atoms with Crippen molar-refractivity contribution in [3.8, 4) is 0 Å². The molecular formula is C11H22N2O3S. The molecule has 5 nitrogen and oxygen atoms in total. The van der Waals surface area contributed by atoms with E-state index in [0.29, 0.717) is 19.1 Å². The lowest BCUT2D eigenvalue weighted by atomic mass is 10.0. The summed E-state index contributed by atoms with van der Waals surface area (Å²) in [4.78, 5) is 2.40. The molecular weight excluding hydrogens is 240 g/mol. The molecule has 2 heterocycles. The summed E-state index contributed by atoms with van der Waals surface area (Å²) in [5.41, 5.74) is 0. The van der Waals surface area contributed by atoms with Gasteiger partial charge in [-0.15, -0.1) is 0 Å². The molecule has 17 heavy (non-hydrogen) atoms. The lowest BCUT2D eigenvalue weighted by Crippen LogP contribution is -2.57. The minimum Gasteiger partial charge on any atom is -0.395 e. The minimum atomic E-state index is -3.31. The van der Waals surface area contributed by atoms with Crippen LogP contribution in [0.2, 0.25) is 0 Å². The second kappa shape index (κ2) is 5.22. The van der Waals surface area contributed by atoms with Gasteiger partial charge >= 0.3 is 0 Å². The van der Waals surface area contributed by atoms with Crippen molar-refractivity contribution < 1.29 is 13.5 Å². The van der Waals surface area contributed by atoms with E-state index in [2.05, 4.69) is 4.90 Å². The fourth-order valence-electron chi connectivity index (χ4n) is 2.71. The van der Waals surface area contributed by atoms with E-state index < -0.39 is 15.3 Å². The van der Waals surface area contributed by atoms with Crippen LogP contribution < -0.4 is 0 Å². The van der Waals surface area contributed by atoms with Gasteiger partial charge < -0.3 is 5.11 Å². The van der Waals surface area contributed by atoms with Crippen LogP contribution in [0.4, 0.5) is 0 Å². The lowest BCUT2D eigenvalue weighted by Gasteiger charge is -2.43. The molecule has 2 aliphatic rings. The van der Waals surface area contributed by atoms with E-state index in [-0.39, 0.29) is 6.61 Å². The van der Waals surface area contributed by atoms with Crippen LogP contribution >= 0.6 is 0 Å². The number of nitrogens with zero attached hydrogens (tertiary/aromatic N) is 2. The highest BCUT2D eigenvalue weighted by Crippen LogP contribution is 2.23. The molecule has 100 valence electrons. The number of fused-ring (bicyclic) bond motifs is 1. The van der Waals surface area contributed by atoms with Crippen LogP contribution in [0.3, 0.4) is 0 Å². The van der Waals surface area contributed by atoms with Crippen LogP contribution in [0.25, 0.3) is 0 Å². The summed E-state index contributed by atoms with van der Waals surface area (Å²) in [6.45, 7) is 4.39. The summed E-state index contributed by atoms with van der Waals surface area (Å²) in [5, 5.41) is 8.33. The van der Waals surface area contributed by atoms with E-state index in [4.69, 9.17) is 5.11 Å². The van der Waals surface area contributed by atoms with Gasteiger partial charge in [0.05, 0.1) is 11.9 Å². The zero-order valence-corrected chi connectivity index (χ0v) is 11.2. The van der Waals surface area contributed by atoms with Crippen LogP contribution in [0.5, 0.6) is 0 Å². The zero-order chi connectivity index (χ0) is 12.5. The Morgan fingerprint density at radius 3 is 2.76 bits per heavy atom. The zero-order valence-electron chi connectivity index (χ0n) is 10.4. The molecule has 2 rings (SSSR count). The minimum absolute atomic E-state index is 0.298. The van der Waals surface area contributed by atoms with Crippen molar-refractivity contribution in [2.45, 2.75) is 37.5 Å². The highest BCUT2D eigenvalue weighted by molar-refractivity contribution is 7.89. The molecule has 2 fully saturated rings. The number of aliphatic hydroxyl groups excluding tert-OH is 1. The smallest absolute Gasteiger partial charge is 0.219 e. The number of rotatable bonds is 3. The van der Waals surface area contributed by atoms with Crippen molar-refractivity contribution in [3.05, 3.63) is 0 Å². The van der Waals surface area contributed by atoms with E-state index >= 15 is 0 Å². The number of aliphatic hydroxyl groups is 1. The first-order valence-corrected chi connectivity index (χ1v) is 7.90. The summed E-state index contributed by atoms with van der Waals surface area (Å²) < 4.78 is 25.8. The van der Waals surface area contributed by atoms with Crippen molar-refractivity contribution in [2.75, 3.05) is 32.8 Å². The SMILES string of the molecule is CC(CO)S(=O)(=O)N1CCN2CCCCC2C1. The molecule has 0 aromatic rings. The number of piperazine rings is 1. The van der Waals surface area contributed by atoms with Crippen molar-refractivity contribution >= 4 is 10.0 Å². The van der Waals surface area contributed by atoms with Gasteiger partial charge in [0, 0.05) is 25.7 Å². The molecule has 0 spiro atoms. The average Bonchev–Trinajstić information content (AvgIpc) is 2.37. The Kier molecular flexibility index (Phi) is 4.07. The van der Waals surface area contributed by atoms with Gasteiger partial charge in [-0.05, 0) is 26.3 Å². The Labute approximate surface area is 103 Å². The van der Waals surface area contributed by atoms with E-state index in [1.807, 2.05) is 0 Å². The third kappa shape index (κ3) is 2.65. The standard InChI is InChI=1S/C11H22N2O3S/c1-10(9-14)17(15,16)13-7-6-12-5-3-2-4-11(12)8-13/h10-11,14H,2-9H2,1H3. The maximum absolute atomic E-state index is 12.1. The van der Waals surface area contributed by atoms with Crippen LogP contribution in [-0.2, 0) is 10.0 Å². The van der Waals surface area contributed by atoms with Crippen molar-refractivity contribution in [2.24, 2.45) is 0 Å². The summed E-state index contributed by atoms with van der Waals surface area (Å²) >= 11 is 0. The first-order chi connectivity index (χ1) is 8.05. The molecule has 2 aliphatic heterocycles. The summed E-state index contributed by atoms with van der Waals surface area (Å²) in [5.74, 6) is 0. The number of hydrogen-bond acceptors (Lipinski definition) is 4. The predicted molar refractivity (Wildman–Crippen MR) is 66.3 cm³/mol. The summed E-state index contributed by atoms with van der Waals surface area (Å²) in [6.07, 6.45) is 3.53. The average molecular weight is 262 g/mol. The molecule has 1 N–H and O–H groups in total. The molecule has 0 aromatic carbocycles. The Balaban J connectivity index is 2.04. The quantitative estimate of drug-likeness (QED) is 0.769. The molecule has 0 aliphatic carbocycles. The van der Waals surface area contributed by atoms with E-state index in [0.717, 1.165) is 19.5 Å². The van der Waals surface area contributed by atoms with Gasteiger partial charge in [-0.25, -0.2) is 8.42 Å². The maximum Gasteiger partial charge on any atom is 0.219 e. The Hall–Kier alpha value is -0.170. The van der Waals surface area contributed by atoms with Gasteiger partial charge in [-0.2, -0.15) is 4.31 Å². The Morgan fingerprint density at radius 2 is 2.06 bits per heavy atom. The molecule has 2 saturated heterocycles. The predicted octanol–water partition coefficient (Wildman–Crippen LogP) is -0.133. The Bertz CT molecular complexity index is 358. The van der Waals surface area contributed by atoms with E-state index in [1.165, 1.54) is 12.8 Å². The number of piperidine rings is 1. The Morgan fingerprint density at radius 1 is 1.29 bits per heavy atom. The molecule has 2 unspecified atom stereocenters. The van der Waals surface area contributed by atoms with Crippen LogP contribution in [0.1, 0.15) is 26.2 Å². The van der Waals surface area contributed by atoms with Crippen molar-refractivity contribution in [3.63, 3.8) is 0 Å². The molecule has 0 radical (unpaired) electrons. The van der Waals surface area contributed by atoms with E-state index in [1.54, 1.807) is 11.2 Å². The van der Waals surface area contributed by atoms with Gasteiger partial charge in [0.2, 0.25) is 10.0 Å². The third-order valence-electron chi connectivity index (χ3n) is 3.93. The number of sulfonamides is 1. The first-order valence-electron chi connectivity index (χ1n) is 6.39. The summed E-state index contributed by atoms with van der Waals surface area (Å²) in [6, 6.07) is 0.387. The first kappa shape index (κ1) is 13.3. The lowest BCUT2D eigenvalue weighted by molar-refractivity contribution is 0.0844. The van der Waals surface area contributed by atoms with E-state index in [9.17, 15) is 8.42 Å². The monoisotopic (exact) mass is 262 g/mol. The molecule has 0 amide bonds. The molecule has 2 atom stereocenters. The van der Waals surface area contributed by atoms with Gasteiger partial charge in [0.15, 0.2) is 0 Å². The fraction of sp³-hybridized carbons (Fsp3) is 1.00. The second-order valence-corrected chi connectivity index (χ2v) is 7.43. The van der Waals surface area contributed by atoms with Crippen LogP contribution in [0.15, 0.2) is 0 Å². The van der Waals surface area contributed by atoms with Gasteiger partial charge in [-0.1, -0.05) is 6.42 Å². The van der Waals surface area contributed by atoms with Gasteiger partial charge in [0.1, 0.15) is 0 Å². The maximum atomic E-state index is 12.1. The molecule has 0 aromatic heterocycles. The van der Waals surface area contributed by atoms with Gasteiger partial charge in [0.25, 0.3) is 0 Å². The third-order valence-corrected chi connectivity index (χ3v) is 6.14. The summed E-state index contributed by atoms with van der Waals surface area (Å²) in [7, 11) is -3.31.